The zero-order chi connectivity index (χ0) is 12.5. The molecule has 1 atom stereocenters. The van der Waals surface area contributed by atoms with Crippen LogP contribution in [0.3, 0.4) is 0 Å². The Balaban J connectivity index is 0.00000289. The molecule has 0 fully saturated rings. The fraction of sp³-hybridized carbons (Fsp3) is 0.786. The predicted octanol–water partition coefficient (Wildman–Crippen LogP) is 0.886. The zero-order valence-corrected chi connectivity index (χ0v) is 14.2. The maximum absolute atomic E-state index is 4.64. The molecule has 0 spiro atoms. The molecular formula is C14H27BrN2S. The monoisotopic (exact) mass is 334 g/mol. The summed E-state index contributed by atoms with van der Waals surface area (Å²) in [5.74, 6) is 0. The zero-order valence-electron chi connectivity index (χ0n) is 11.7. The van der Waals surface area contributed by atoms with Gasteiger partial charge in [-0.15, -0.1) is 12.6 Å². The van der Waals surface area contributed by atoms with Gasteiger partial charge in [-0.25, -0.2) is 9.13 Å². The molecule has 0 amide bonds. The number of aromatic nitrogens is 2. The summed E-state index contributed by atoms with van der Waals surface area (Å²) in [5, 5.41) is 0.340. The standard InChI is InChI=1S/C14H26N2S.BrH/c1-3-4-5-6-7-8-9-10-14(17)16-12-11-15(2)13-16;/h11-14H,3-10H2,1-2H3;1H. The molecule has 18 heavy (non-hydrogen) atoms. The molecule has 1 unspecified atom stereocenters. The Labute approximate surface area is 128 Å². The second kappa shape index (κ2) is 10.9. The third-order valence-corrected chi connectivity index (χ3v) is 3.72. The van der Waals surface area contributed by atoms with Crippen LogP contribution in [0, 0.1) is 0 Å². The minimum absolute atomic E-state index is 0. The van der Waals surface area contributed by atoms with Gasteiger partial charge in [0.05, 0.1) is 7.05 Å². The number of nitrogens with zero attached hydrogens (tertiary/aromatic N) is 2. The third kappa shape index (κ3) is 7.47. The molecular weight excluding hydrogens is 308 g/mol. The van der Waals surface area contributed by atoms with Crippen LogP contribution < -0.4 is 21.5 Å². The molecule has 0 saturated carbocycles. The Morgan fingerprint density at radius 3 is 2.28 bits per heavy atom. The van der Waals surface area contributed by atoms with Gasteiger partial charge in [0.2, 0.25) is 6.33 Å². The number of rotatable bonds is 9. The molecule has 1 heterocycles. The fourth-order valence-corrected chi connectivity index (χ4v) is 2.40. The lowest BCUT2D eigenvalue weighted by molar-refractivity contribution is -0.671. The summed E-state index contributed by atoms with van der Waals surface area (Å²) in [5.41, 5.74) is 0. The van der Waals surface area contributed by atoms with Crippen LogP contribution in [-0.4, -0.2) is 4.57 Å². The molecule has 0 N–H and O–H groups in total. The van der Waals surface area contributed by atoms with Crippen LogP contribution >= 0.6 is 12.6 Å². The Morgan fingerprint density at radius 1 is 1.11 bits per heavy atom. The molecule has 0 radical (unpaired) electrons. The molecule has 1 rings (SSSR count). The van der Waals surface area contributed by atoms with E-state index in [0.717, 1.165) is 0 Å². The van der Waals surface area contributed by atoms with E-state index >= 15 is 0 Å². The molecule has 0 aliphatic rings. The lowest BCUT2D eigenvalue weighted by Gasteiger charge is -2.06. The van der Waals surface area contributed by atoms with Crippen molar-refractivity contribution in [2.24, 2.45) is 7.05 Å². The van der Waals surface area contributed by atoms with Gasteiger partial charge in [-0.05, 0) is 12.8 Å². The summed E-state index contributed by atoms with van der Waals surface area (Å²) in [7, 11) is 2.05. The van der Waals surface area contributed by atoms with Gasteiger partial charge < -0.3 is 17.0 Å². The van der Waals surface area contributed by atoms with E-state index in [9.17, 15) is 0 Å². The number of thiol groups is 1. The van der Waals surface area contributed by atoms with Crippen molar-refractivity contribution in [3.05, 3.63) is 18.7 Å². The van der Waals surface area contributed by atoms with Crippen molar-refractivity contribution in [3.8, 4) is 0 Å². The van der Waals surface area contributed by atoms with E-state index in [2.05, 4.69) is 47.4 Å². The molecule has 0 aliphatic carbocycles. The Kier molecular flexibility index (Phi) is 10.9. The molecule has 4 heteroatoms. The van der Waals surface area contributed by atoms with Crippen molar-refractivity contribution in [2.45, 2.75) is 63.7 Å². The van der Waals surface area contributed by atoms with Crippen molar-refractivity contribution >= 4 is 12.6 Å². The second-order valence-electron chi connectivity index (χ2n) is 4.92. The van der Waals surface area contributed by atoms with Crippen LogP contribution in [0.4, 0.5) is 0 Å². The highest BCUT2D eigenvalue weighted by Gasteiger charge is 2.10. The van der Waals surface area contributed by atoms with Gasteiger partial charge in [-0.2, -0.15) is 0 Å². The maximum atomic E-state index is 4.64. The van der Waals surface area contributed by atoms with E-state index in [0.29, 0.717) is 5.37 Å². The van der Waals surface area contributed by atoms with Crippen LogP contribution in [0.2, 0.25) is 0 Å². The van der Waals surface area contributed by atoms with Crippen molar-refractivity contribution in [1.82, 2.24) is 4.57 Å². The number of hydrogen-bond acceptors (Lipinski definition) is 1. The average molecular weight is 335 g/mol. The number of unbranched alkanes of at least 4 members (excludes halogenated alkanes) is 6. The number of imidazole rings is 1. The number of halogens is 1. The van der Waals surface area contributed by atoms with Crippen molar-refractivity contribution < 1.29 is 21.5 Å². The van der Waals surface area contributed by atoms with E-state index in [1.54, 1.807) is 0 Å². The largest absolute Gasteiger partial charge is 1.00 e. The molecule has 1 aromatic rings. The molecule has 0 aliphatic heterocycles. The molecule has 106 valence electrons. The van der Waals surface area contributed by atoms with Gasteiger partial charge in [-0.3, -0.25) is 0 Å². The quantitative estimate of drug-likeness (QED) is 0.390. The van der Waals surface area contributed by atoms with Gasteiger partial charge in [0.15, 0.2) is 0 Å². The topological polar surface area (TPSA) is 8.81 Å². The fourth-order valence-electron chi connectivity index (χ4n) is 2.08. The van der Waals surface area contributed by atoms with E-state index < -0.39 is 0 Å². The van der Waals surface area contributed by atoms with E-state index in [4.69, 9.17) is 0 Å². The van der Waals surface area contributed by atoms with Crippen molar-refractivity contribution in [1.29, 1.82) is 0 Å². The smallest absolute Gasteiger partial charge is 0.244 e. The van der Waals surface area contributed by atoms with E-state index in [-0.39, 0.29) is 17.0 Å². The first-order valence-corrected chi connectivity index (χ1v) is 7.46. The van der Waals surface area contributed by atoms with Crippen LogP contribution in [0.5, 0.6) is 0 Å². The highest BCUT2D eigenvalue weighted by Crippen LogP contribution is 2.19. The lowest BCUT2D eigenvalue weighted by atomic mass is 10.1. The molecule has 0 saturated heterocycles. The van der Waals surface area contributed by atoms with Crippen LogP contribution in [0.1, 0.15) is 63.7 Å². The Hall–Kier alpha value is 0.0400. The van der Waals surface area contributed by atoms with Crippen molar-refractivity contribution in [3.63, 3.8) is 0 Å². The number of aryl methyl sites for hydroxylation is 1. The maximum Gasteiger partial charge on any atom is 0.244 e. The number of hydrogen-bond donors (Lipinski definition) is 1. The van der Waals surface area contributed by atoms with Gasteiger partial charge >= 0.3 is 0 Å². The van der Waals surface area contributed by atoms with Gasteiger partial charge in [0.25, 0.3) is 0 Å². The normalized spacial score (nSPS) is 12.2. The first-order chi connectivity index (χ1) is 8.24. The summed E-state index contributed by atoms with van der Waals surface area (Å²) in [4.78, 5) is 0. The summed E-state index contributed by atoms with van der Waals surface area (Å²) >= 11 is 4.64. The minimum Gasteiger partial charge on any atom is -1.00 e. The van der Waals surface area contributed by atoms with Gasteiger partial charge in [0.1, 0.15) is 17.8 Å². The highest BCUT2D eigenvalue weighted by atomic mass is 79.9. The minimum atomic E-state index is 0. The third-order valence-electron chi connectivity index (χ3n) is 3.20. The summed E-state index contributed by atoms with van der Waals surface area (Å²) in [6, 6.07) is 0. The molecule has 1 aromatic heterocycles. The highest BCUT2D eigenvalue weighted by molar-refractivity contribution is 7.80. The molecule has 0 aromatic carbocycles. The Morgan fingerprint density at radius 2 is 1.72 bits per heavy atom. The summed E-state index contributed by atoms with van der Waals surface area (Å²) in [6.07, 6.45) is 17.0. The van der Waals surface area contributed by atoms with Gasteiger partial charge in [0, 0.05) is 0 Å². The van der Waals surface area contributed by atoms with Crippen LogP contribution in [0.15, 0.2) is 18.7 Å². The molecule has 2 nitrogen and oxygen atoms in total. The average Bonchev–Trinajstić information content (AvgIpc) is 2.74. The van der Waals surface area contributed by atoms with Crippen molar-refractivity contribution in [2.75, 3.05) is 0 Å². The van der Waals surface area contributed by atoms with E-state index in [1.807, 2.05) is 7.05 Å². The first-order valence-electron chi connectivity index (χ1n) is 6.95. The predicted molar refractivity (Wildman–Crippen MR) is 76.2 cm³/mol. The Bertz CT molecular complexity index is 302. The van der Waals surface area contributed by atoms with Crippen LogP contribution in [0.25, 0.3) is 0 Å². The van der Waals surface area contributed by atoms with Crippen LogP contribution in [-0.2, 0) is 7.05 Å². The SMILES string of the molecule is CCCCCCCCCC(S)n1cc[n+](C)c1.[Br-]. The lowest BCUT2D eigenvalue weighted by Crippen LogP contribution is -3.00. The molecule has 0 bridgehead atoms. The van der Waals surface area contributed by atoms with E-state index in [1.165, 1.54) is 51.4 Å². The first kappa shape index (κ1) is 18.0. The second-order valence-corrected chi connectivity index (χ2v) is 5.51. The summed E-state index contributed by atoms with van der Waals surface area (Å²) in [6.45, 7) is 2.27. The summed E-state index contributed by atoms with van der Waals surface area (Å²) < 4.78 is 4.24. The van der Waals surface area contributed by atoms with Gasteiger partial charge in [-0.1, -0.05) is 45.4 Å².